The SMILES string of the molecule is CCOc1cc(N2CCOCC2)c(OCC)cc1NC(=O)COC(=O)C1CCN(c2ccc(C(F)(F)F)cn2)CC1. The van der Waals surface area contributed by atoms with Crippen molar-refractivity contribution in [3.63, 3.8) is 0 Å². The number of nitrogens with zero attached hydrogens (tertiary/aromatic N) is 3. The van der Waals surface area contributed by atoms with Crippen molar-refractivity contribution in [3.05, 3.63) is 36.0 Å². The number of nitrogens with one attached hydrogen (secondary N) is 1. The monoisotopic (exact) mass is 580 g/mol. The zero-order valence-electron chi connectivity index (χ0n) is 23.2. The number of benzene rings is 1. The van der Waals surface area contributed by atoms with E-state index in [2.05, 4.69) is 15.2 Å². The zero-order chi connectivity index (χ0) is 29.4. The van der Waals surface area contributed by atoms with Crippen LogP contribution in [0.15, 0.2) is 30.5 Å². The van der Waals surface area contributed by atoms with Crippen LogP contribution < -0.4 is 24.6 Å². The second-order valence-corrected chi connectivity index (χ2v) is 9.60. The molecule has 13 heteroatoms. The Morgan fingerprint density at radius 1 is 1.00 bits per heavy atom. The lowest BCUT2D eigenvalue weighted by atomic mass is 9.97. The molecule has 0 unspecified atom stereocenters. The largest absolute Gasteiger partial charge is 0.492 e. The summed E-state index contributed by atoms with van der Waals surface area (Å²) in [5.74, 6) is 0.0427. The van der Waals surface area contributed by atoms with Gasteiger partial charge in [0.25, 0.3) is 5.91 Å². The number of aromatic nitrogens is 1. The highest BCUT2D eigenvalue weighted by atomic mass is 19.4. The molecule has 1 amide bonds. The van der Waals surface area contributed by atoms with Gasteiger partial charge in [-0.1, -0.05) is 0 Å². The summed E-state index contributed by atoms with van der Waals surface area (Å²) in [4.78, 5) is 33.3. The van der Waals surface area contributed by atoms with Crippen LogP contribution in [0.1, 0.15) is 32.3 Å². The molecular formula is C28H35F3N4O6. The van der Waals surface area contributed by atoms with Gasteiger partial charge in [-0.25, -0.2) is 4.98 Å². The Kier molecular flexibility index (Phi) is 10.1. The second-order valence-electron chi connectivity index (χ2n) is 9.60. The third-order valence-corrected chi connectivity index (χ3v) is 6.86. The van der Waals surface area contributed by atoms with Crippen molar-refractivity contribution < 1.29 is 41.7 Å². The van der Waals surface area contributed by atoms with Gasteiger partial charge in [0.1, 0.15) is 17.3 Å². The number of anilines is 3. The summed E-state index contributed by atoms with van der Waals surface area (Å²) in [6.07, 6.45) is -2.79. The molecule has 0 spiro atoms. The fraction of sp³-hybridized carbons (Fsp3) is 0.536. The maximum absolute atomic E-state index is 12.8. The van der Waals surface area contributed by atoms with Gasteiger partial charge in [0.15, 0.2) is 6.61 Å². The van der Waals surface area contributed by atoms with E-state index >= 15 is 0 Å². The van der Waals surface area contributed by atoms with Crippen LogP contribution in [0.4, 0.5) is 30.4 Å². The molecule has 1 aromatic heterocycles. The van der Waals surface area contributed by atoms with Crippen molar-refractivity contribution in [2.45, 2.75) is 32.9 Å². The smallest absolute Gasteiger partial charge is 0.417 e. The van der Waals surface area contributed by atoms with E-state index in [1.165, 1.54) is 6.07 Å². The summed E-state index contributed by atoms with van der Waals surface area (Å²) in [6.45, 7) is 7.53. The zero-order valence-corrected chi connectivity index (χ0v) is 23.2. The molecule has 41 heavy (non-hydrogen) atoms. The number of halogens is 3. The molecule has 1 N–H and O–H groups in total. The van der Waals surface area contributed by atoms with Gasteiger partial charge in [0.2, 0.25) is 0 Å². The minimum atomic E-state index is -4.45. The number of ether oxygens (including phenoxy) is 4. The number of hydrogen-bond acceptors (Lipinski definition) is 9. The summed E-state index contributed by atoms with van der Waals surface area (Å²) >= 11 is 0. The van der Waals surface area contributed by atoms with E-state index in [0.29, 0.717) is 88.5 Å². The Labute approximate surface area is 236 Å². The van der Waals surface area contributed by atoms with E-state index < -0.39 is 36.1 Å². The molecule has 224 valence electrons. The number of hydrogen-bond donors (Lipinski definition) is 1. The fourth-order valence-corrected chi connectivity index (χ4v) is 4.77. The van der Waals surface area contributed by atoms with Crippen LogP contribution in [0.3, 0.4) is 0 Å². The molecular weight excluding hydrogens is 545 g/mol. The number of piperidine rings is 1. The average molecular weight is 581 g/mol. The summed E-state index contributed by atoms with van der Waals surface area (Å²) in [6, 6.07) is 5.86. The van der Waals surface area contributed by atoms with Crippen molar-refractivity contribution in [1.29, 1.82) is 0 Å². The summed E-state index contributed by atoms with van der Waals surface area (Å²) in [7, 11) is 0. The molecule has 0 bridgehead atoms. The molecule has 2 aliphatic heterocycles. The molecule has 2 fully saturated rings. The van der Waals surface area contributed by atoms with Crippen LogP contribution in [0.5, 0.6) is 11.5 Å². The highest BCUT2D eigenvalue weighted by molar-refractivity contribution is 5.95. The van der Waals surface area contributed by atoms with Crippen molar-refractivity contribution in [3.8, 4) is 11.5 Å². The number of carbonyl (C=O) groups excluding carboxylic acids is 2. The second kappa shape index (κ2) is 13.7. The van der Waals surface area contributed by atoms with E-state index in [9.17, 15) is 22.8 Å². The fourth-order valence-electron chi connectivity index (χ4n) is 4.77. The standard InChI is InChI=1S/C28H35F3N4O6/c1-3-39-23-16-22(34-11-13-38-14-12-34)24(40-4-2)15-21(23)33-26(36)18-41-27(37)19-7-9-35(10-8-19)25-6-5-20(17-32-25)28(29,30)31/h5-6,15-17,19H,3-4,7-14,18H2,1-2H3,(H,33,36). The van der Waals surface area contributed by atoms with Crippen LogP contribution >= 0.6 is 0 Å². The quantitative estimate of drug-likeness (QED) is 0.416. The normalized spacial score (nSPS) is 16.3. The molecule has 0 radical (unpaired) electrons. The van der Waals surface area contributed by atoms with E-state index in [-0.39, 0.29) is 0 Å². The number of morpholine rings is 1. The van der Waals surface area contributed by atoms with Crippen molar-refractivity contribution in [2.75, 3.05) is 74.3 Å². The molecule has 2 aliphatic rings. The lowest BCUT2D eigenvalue weighted by molar-refractivity contribution is -0.152. The number of alkyl halides is 3. The Morgan fingerprint density at radius 2 is 1.68 bits per heavy atom. The summed E-state index contributed by atoms with van der Waals surface area (Å²) < 4.78 is 60.8. The minimum absolute atomic E-state index is 0.384. The first-order chi connectivity index (χ1) is 19.7. The van der Waals surface area contributed by atoms with Crippen LogP contribution in [0.25, 0.3) is 0 Å². The minimum Gasteiger partial charge on any atom is -0.492 e. The molecule has 2 saturated heterocycles. The molecule has 0 aliphatic carbocycles. The van der Waals surface area contributed by atoms with Gasteiger partial charge in [-0.05, 0) is 38.8 Å². The Morgan fingerprint density at radius 3 is 2.29 bits per heavy atom. The van der Waals surface area contributed by atoms with Gasteiger partial charge < -0.3 is 34.1 Å². The summed E-state index contributed by atoms with van der Waals surface area (Å²) in [5.41, 5.74) is 0.445. The predicted molar refractivity (Wildman–Crippen MR) is 146 cm³/mol. The van der Waals surface area contributed by atoms with E-state index in [4.69, 9.17) is 18.9 Å². The first-order valence-electron chi connectivity index (χ1n) is 13.7. The molecule has 10 nitrogen and oxygen atoms in total. The first kappa shape index (κ1) is 30.2. The molecule has 1 aromatic carbocycles. The number of amides is 1. The van der Waals surface area contributed by atoms with Gasteiger partial charge in [-0.15, -0.1) is 0 Å². The Bertz CT molecular complexity index is 1180. The average Bonchev–Trinajstić information content (AvgIpc) is 2.97. The van der Waals surface area contributed by atoms with E-state index in [1.54, 1.807) is 6.07 Å². The highest BCUT2D eigenvalue weighted by Crippen LogP contribution is 2.39. The van der Waals surface area contributed by atoms with Crippen LogP contribution in [0.2, 0.25) is 0 Å². The molecule has 0 atom stereocenters. The van der Waals surface area contributed by atoms with Gasteiger partial charge in [0.05, 0.1) is 49.3 Å². The van der Waals surface area contributed by atoms with Gasteiger partial charge >= 0.3 is 12.1 Å². The van der Waals surface area contributed by atoms with Gasteiger partial charge in [0, 0.05) is 44.5 Å². The van der Waals surface area contributed by atoms with E-state index in [0.717, 1.165) is 18.0 Å². The third kappa shape index (κ3) is 7.93. The first-order valence-corrected chi connectivity index (χ1v) is 13.7. The molecule has 0 saturated carbocycles. The van der Waals surface area contributed by atoms with Crippen LogP contribution in [-0.4, -0.2) is 76.1 Å². The topological polar surface area (TPSA) is 102 Å². The van der Waals surface area contributed by atoms with Crippen molar-refractivity contribution in [1.82, 2.24) is 4.98 Å². The Hall–Kier alpha value is -3.74. The number of rotatable bonds is 10. The molecule has 3 heterocycles. The molecule has 2 aromatic rings. The van der Waals surface area contributed by atoms with E-state index in [1.807, 2.05) is 24.8 Å². The number of esters is 1. The summed E-state index contributed by atoms with van der Waals surface area (Å²) in [5, 5.41) is 2.77. The van der Waals surface area contributed by atoms with Crippen LogP contribution in [0, 0.1) is 5.92 Å². The third-order valence-electron chi connectivity index (χ3n) is 6.86. The molecule has 4 rings (SSSR count). The number of pyridine rings is 1. The maximum atomic E-state index is 12.8. The lowest BCUT2D eigenvalue weighted by Crippen LogP contribution is -2.38. The van der Waals surface area contributed by atoms with Crippen LogP contribution in [-0.2, 0) is 25.2 Å². The van der Waals surface area contributed by atoms with Gasteiger partial charge in [-0.2, -0.15) is 13.2 Å². The van der Waals surface area contributed by atoms with Crippen molar-refractivity contribution in [2.24, 2.45) is 5.92 Å². The Balaban J connectivity index is 1.31. The lowest BCUT2D eigenvalue weighted by Gasteiger charge is -2.31. The van der Waals surface area contributed by atoms with Gasteiger partial charge in [-0.3, -0.25) is 9.59 Å². The number of carbonyl (C=O) groups is 2. The maximum Gasteiger partial charge on any atom is 0.417 e. The predicted octanol–water partition coefficient (Wildman–Crippen LogP) is 4.13. The van der Waals surface area contributed by atoms with Crippen molar-refractivity contribution >= 4 is 29.1 Å². The highest BCUT2D eigenvalue weighted by Gasteiger charge is 2.32.